The summed E-state index contributed by atoms with van der Waals surface area (Å²) < 4.78 is 5.41. The third-order valence-corrected chi connectivity index (χ3v) is 3.65. The van der Waals surface area contributed by atoms with Crippen LogP contribution in [0.4, 0.5) is 0 Å². The van der Waals surface area contributed by atoms with Crippen LogP contribution >= 0.6 is 0 Å². The molecule has 2 heteroatoms. The summed E-state index contributed by atoms with van der Waals surface area (Å²) >= 11 is 0. The van der Waals surface area contributed by atoms with Gasteiger partial charge in [0.25, 0.3) is 0 Å². The Kier molecular flexibility index (Phi) is 4.39. The lowest BCUT2D eigenvalue weighted by Crippen LogP contribution is -2.34. The van der Waals surface area contributed by atoms with Crippen molar-refractivity contribution in [2.24, 2.45) is 5.41 Å². The van der Waals surface area contributed by atoms with Gasteiger partial charge in [-0.25, -0.2) is 0 Å². The highest BCUT2D eigenvalue weighted by molar-refractivity contribution is 4.78. The third kappa shape index (κ3) is 3.58. The smallest absolute Gasteiger partial charge is 0.0471 e. The summed E-state index contributed by atoms with van der Waals surface area (Å²) in [4.78, 5) is 2.43. The van der Waals surface area contributed by atoms with E-state index in [1.165, 1.54) is 25.8 Å². The number of hydrogen-bond donors (Lipinski definition) is 0. The van der Waals surface area contributed by atoms with Crippen LogP contribution in [-0.2, 0) is 4.74 Å². The van der Waals surface area contributed by atoms with E-state index in [2.05, 4.69) is 32.7 Å². The minimum atomic E-state index is 0.529. The topological polar surface area (TPSA) is 12.5 Å². The van der Waals surface area contributed by atoms with E-state index in [1.54, 1.807) is 0 Å². The van der Waals surface area contributed by atoms with Crippen molar-refractivity contribution < 1.29 is 4.74 Å². The molecule has 2 nitrogen and oxygen atoms in total. The highest BCUT2D eigenvalue weighted by Gasteiger charge is 2.27. The molecule has 1 saturated heterocycles. The first-order valence-electron chi connectivity index (χ1n) is 5.81. The first-order valence-corrected chi connectivity index (χ1v) is 5.81. The maximum Gasteiger partial charge on any atom is 0.0471 e. The average Bonchev–Trinajstić information content (AvgIpc) is 2.15. The van der Waals surface area contributed by atoms with E-state index < -0.39 is 0 Å². The lowest BCUT2D eigenvalue weighted by Gasteiger charge is -2.35. The van der Waals surface area contributed by atoms with E-state index in [4.69, 9.17) is 4.74 Å². The molecule has 0 saturated carbocycles. The van der Waals surface area contributed by atoms with Crippen LogP contribution in [0.25, 0.3) is 0 Å². The van der Waals surface area contributed by atoms with Gasteiger partial charge in [-0.3, -0.25) is 0 Å². The van der Waals surface area contributed by atoms with Crippen LogP contribution in [0, 0.1) is 5.41 Å². The van der Waals surface area contributed by atoms with E-state index >= 15 is 0 Å². The number of nitrogens with zero attached hydrogens (tertiary/aromatic N) is 1. The zero-order chi connectivity index (χ0) is 10.6. The Hall–Kier alpha value is -0.0800. The van der Waals surface area contributed by atoms with Gasteiger partial charge in [-0.15, -0.1) is 0 Å². The number of hydrogen-bond acceptors (Lipinski definition) is 2. The molecule has 0 N–H and O–H groups in total. The molecule has 1 heterocycles. The molecule has 0 unspecified atom stereocenters. The predicted molar refractivity (Wildman–Crippen MR) is 60.5 cm³/mol. The second-order valence-corrected chi connectivity index (χ2v) is 5.25. The summed E-state index contributed by atoms with van der Waals surface area (Å²) in [5.74, 6) is 0. The second kappa shape index (κ2) is 5.13. The zero-order valence-corrected chi connectivity index (χ0v) is 10.2. The maximum absolute atomic E-state index is 5.41. The first-order chi connectivity index (χ1) is 6.53. The minimum Gasteiger partial charge on any atom is -0.381 e. The Balaban J connectivity index is 2.28. The summed E-state index contributed by atoms with van der Waals surface area (Å²) in [6.45, 7) is 10.1. The number of rotatable bonds is 4. The molecule has 14 heavy (non-hydrogen) atoms. The predicted octanol–water partition coefficient (Wildman–Crippen LogP) is 2.53. The normalized spacial score (nSPS) is 21.9. The van der Waals surface area contributed by atoms with Crippen molar-refractivity contribution in [3.05, 3.63) is 0 Å². The van der Waals surface area contributed by atoms with Crippen molar-refractivity contribution in [2.45, 2.75) is 46.1 Å². The van der Waals surface area contributed by atoms with Crippen LogP contribution in [-0.4, -0.2) is 37.7 Å². The van der Waals surface area contributed by atoms with Gasteiger partial charge in [0.05, 0.1) is 0 Å². The third-order valence-electron chi connectivity index (χ3n) is 3.65. The van der Waals surface area contributed by atoms with E-state index in [0.717, 1.165) is 13.2 Å². The van der Waals surface area contributed by atoms with Crippen LogP contribution in [0.2, 0.25) is 0 Å². The maximum atomic E-state index is 5.41. The Morgan fingerprint density at radius 2 is 1.86 bits per heavy atom. The van der Waals surface area contributed by atoms with Gasteiger partial charge in [-0.1, -0.05) is 6.92 Å². The highest BCUT2D eigenvalue weighted by Crippen LogP contribution is 2.33. The van der Waals surface area contributed by atoms with Gasteiger partial charge in [-0.2, -0.15) is 0 Å². The molecule has 1 aliphatic rings. The van der Waals surface area contributed by atoms with Crippen LogP contribution in [0.5, 0.6) is 0 Å². The largest absolute Gasteiger partial charge is 0.381 e. The summed E-state index contributed by atoms with van der Waals surface area (Å²) in [6, 6.07) is 0.665. The molecule has 84 valence electrons. The summed E-state index contributed by atoms with van der Waals surface area (Å²) in [5.41, 5.74) is 0.529. The molecule has 1 fully saturated rings. The standard InChI is InChI=1S/C12H25NO/c1-11(2)13(4)8-5-12(3)6-9-14-10-7-12/h11H,5-10H2,1-4H3. The minimum absolute atomic E-state index is 0.529. The van der Waals surface area contributed by atoms with E-state index in [0.29, 0.717) is 11.5 Å². The summed E-state index contributed by atoms with van der Waals surface area (Å²) in [6.07, 6.45) is 3.78. The molecule has 0 radical (unpaired) electrons. The van der Waals surface area contributed by atoms with Gasteiger partial charge in [0.2, 0.25) is 0 Å². The summed E-state index contributed by atoms with van der Waals surface area (Å²) in [7, 11) is 2.22. The first kappa shape index (κ1) is 12.0. The fourth-order valence-electron chi connectivity index (χ4n) is 1.82. The molecule has 0 bridgehead atoms. The van der Waals surface area contributed by atoms with Gasteiger partial charge < -0.3 is 9.64 Å². The fraction of sp³-hybridized carbons (Fsp3) is 1.00. The molecule has 0 atom stereocenters. The Morgan fingerprint density at radius 1 is 1.29 bits per heavy atom. The molecule has 0 amide bonds. The molecule has 0 aromatic rings. The van der Waals surface area contributed by atoms with Crippen LogP contribution in [0.15, 0.2) is 0 Å². The Bertz CT molecular complexity index is 162. The molecule has 0 aliphatic carbocycles. The van der Waals surface area contributed by atoms with Crippen LogP contribution in [0.3, 0.4) is 0 Å². The van der Waals surface area contributed by atoms with Gasteiger partial charge in [0, 0.05) is 19.3 Å². The van der Waals surface area contributed by atoms with Crippen molar-refractivity contribution in [1.29, 1.82) is 0 Å². The van der Waals surface area contributed by atoms with Crippen molar-refractivity contribution in [2.75, 3.05) is 26.8 Å². The van der Waals surface area contributed by atoms with Crippen LogP contribution in [0.1, 0.15) is 40.0 Å². The van der Waals surface area contributed by atoms with Gasteiger partial charge in [-0.05, 0) is 52.1 Å². The average molecular weight is 199 g/mol. The van der Waals surface area contributed by atoms with E-state index in [9.17, 15) is 0 Å². The lowest BCUT2D eigenvalue weighted by molar-refractivity contribution is 0.0149. The Labute approximate surface area is 88.6 Å². The van der Waals surface area contributed by atoms with Crippen molar-refractivity contribution in [3.8, 4) is 0 Å². The van der Waals surface area contributed by atoms with E-state index in [-0.39, 0.29) is 0 Å². The molecular formula is C12H25NO. The van der Waals surface area contributed by atoms with Crippen molar-refractivity contribution in [3.63, 3.8) is 0 Å². The molecule has 0 aromatic heterocycles. The van der Waals surface area contributed by atoms with Gasteiger partial charge in [0.1, 0.15) is 0 Å². The second-order valence-electron chi connectivity index (χ2n) is 5.25. The molecule has 0 aromatic carbocycles. The van der Waals surface area contributed by atoms with E-state index in [1.807, 2.05) is 0 Å². The quantitative estimate of drug-likeness (QED) is 0.690. The van der Waals surface area contributed by atoms with Crippen molar-refractivity contribution >= 4 is 0 Å². The molecular weight excluding hydrogens is 174 g/mol. The molecule has 0 spiro atoms. The fourth-order valence-corrected chi connectivity index (χ4v) is 1.82. The molecule has 1 rings (SSSR count). The highest BCUT2D eigenvalue weighted by atomic mass is 16.5. The van der Waals surface area contributed by atoms with Gasteiger partial charge >= 0.3 is 0 Å². The van der Waals surface area contributed by atoms with Crippen LogP contribution < -0.4 is 0 Å². The number of ether oxygens (including phenoxy) is 1. The van der Waals surface area contributed by atoms with Crippen molar-refractivity contribution in [1.82, 2.24) is 4.90 Å². The Morgan fingerprint density at radius 3 is 2.36 bits per heavy atom. The molecule has 1 aliphatic heterocycles. The SMILES string of the molecule is CC(C)N(C)CCC1(C)CCOCC1. The monoisotopic (exact) mass is 199 g/mol. The zero-order valence-electron chi connectivity index (χ0n) is 10.2. The summed E-state index contributed by atoms with van der Waals surface area (Å²) in [5, 5.41) is 0. The lowest BCUT2D eigenvalue weighted by atomic mass is 9.79. The van der Waals surface area contributed by atoms with Gasteiger partial charge in [0.15, 0.2) is 0 Å².